The molecule has 3 atom stereocenters. The smallest absolute Gasteiger partial charge is 0.330 e. The highest BCUT2D eigenvalue weighted by Gasteiger charge is 2.42. The van der Waals surface area contributed by atoms with Crippen molar-refractivity contribution in [2.45, 2.75) is 77.8 Å². The first kappa shape index (κ1) is 19.4. The number of carbonyl (C=O) groups excluding carboxylic acids is 1. The van der Waals surface area contributed by atoms with E-state index < -0.39 is 14.4 Å². The lowest BCUT2D eigenvalue weighted by molar-refractivity contribution is -0.137. The van der Waals surface area contributed by atoms with Gasteiger partial charge in [0.2, 0.25) is 0 Å². The van der Waals surface area contributed by atoms with Crippen molar-refractivity contribution in [2.24, 2.45) is 5.92 Å². The van der Waals surface area contributed by atoms with E-state index in [1.54, 1.807) is 13.0 Å². The summed E-state index contributed by atoms with van der Waals surface area (Å²) >= 11 is 0. The predicted molar refractivity (Wildman–Crippen MR) is 91.2 cm³/mol. The molecule has 1 aliphatic rings. The lowest BCUT2D eigenvalue weighted by atomic mass is 9.82. The van der Waals surface area contributed by atoms with Crippen molar-refractivity contribution in [3.05, 3.63) is 11.6 Å². The largest absolute Gasteiger partial charge is 0.463 e. The van der Waals surface area contributed by atoms with Crippen molar-refractivity contribution in [2.75, 3.05) is 6.61 Å². The van der Waals surface area contributed by atoms with Crippen molar-refractivity contribution in [1.29, 1.82) is 0 Å². The first-order valence-corrected chi connectivity index (χ1v) is 11.1. The topological polar surface area (TPSA) is 55.8 Å². The molecule has 0 saturated heterocycles. The molecule has 22 heavy (non-hydrogen) atoms. The van der Waals surface area contributed by atoms with Gasteiger partial charge < -0.3 is 14.3 Å². The minimum absolute atomic E-state index is 0.0872. The lowest BCUT2D eigenvalue weighted by Gasteiger charge is -2.43. The molecule has 0 aromatic heterocycles. The summed E-state index contributed by atoms with van der Waals surface area (Å²) < 4.78 is 11.4. The fraction of sp³-hybridized carbons (Fsp3) is 0.824. The van der Waals surface area contributed by atoms with Gasteiger partial charge in [0.25, 0.3) is 0 Å². The van der Waals surface area contributed by atoms with E-state index in [2.05, 4.69) is 33.9 Å². The number of aliphatic hydroxyl groups excluding tert-OH is 1. The van der Waals surface area contributed by atoms with Gasteiger partial charge in [0.05, 0.1) is 18.8 Å². The number of ether oxygens (including phenoxy) is 1. The van der Waals surface area contributed by atoms with E-state index >= 15 is 0 Å². The monoisotopic (exact) mass is 328 g/mol. The molecule has 0 aromatic rings. The van der Waals surface area contributed by atoms with Crippen LogP contribution in [0.3, 0.4) is 0 Å². The molecule has 128 valence electrons. The Balaban J connectivity index is 2.87. The van der Waals surface area contributed by atoms with Crippen LogP contribution in [0, 0.1) is 5.92 Å². The van der Waals surface area contributed by atoms with Crippen LogP contribution in [0.25, 0.3) is 0 Å². The molecule has 0 aromatic carbocycles. The van der Waals surface area contributed by atoms with Crippen molar-refractivity contribution in [1.82, 2.24) is 0 Å². The molecule has 1 N–H and O–H groups in total. The zero-order valence-electron chi connectivity index (χ0n) is 15.1. The highest BCUT2D eigenvalue weighted by atomic mass is 28.4. The van der Waals surface area contributed by atoms with E-state index in [9.17, 15) is 9.90 Å². The van der Waals surface area contributed by atoms with Gasteiger partial charge in [0.15, 0.2) is 8.32 Å². The summed E-state index contributed by atoms with van der Waals surface area (Å²) in [6.07, 6.45) is 2.20. The number of carbonyl (C=O) groups is 1. The standard InChI is InChI=1S/C17H32O4Si/c1-8-20-15(18)11-13-9-12(2)16(19)14(10-13)21-22(6,7)17(3,4)5/h11-12,14,16,19H,8-10H2,1-7H3/b13-11-/t12-,14-,16?/m1/s1. The Kier molecular flexibility index (Phi) is 6.42. The normalized spacial score (nSPS) is 28.7. The molecule has 4 nitrogen and oxygen atoms in total. The van der Waals surface area contributed by atoms with E-state index in [1.807, 2.05) is 6.92 Å². The summed E-state index contributed by atoms with van der Waals surface area (Å²) in [6, 6.07) is 0. The summed E-state index contributed by atoms with van der Waals surface area (Å²) in [4.78, 5) is 11.7. The number of hydrogen-bond acceptors (Lipinski definition) is 4. The number of rotatable bonds is 4. The Labute approximate surface area is 136 Å². The molecule has 0 heterocycles. The molecule has 0 spiro atoms. The van der Waals surface area contributed by atoms with E-state index in [0.29, 0.717) is 13.0 Å². The number of hydrogen-bond donors (Lipinski definition) is 1. The van der Waals surface area contributed by atoms with Crippen molar-refractivity contribution >= 4 is 14.3 Å². The number of esters is 1. The maximum atomic E-state index is 11.7. The van der Waals surface area contributed by atoms with Crippen molar-refractivity contribution in [3.8, 4) is 0 Å². The fourth-order valence-corrected chi connectivity index (χ4v) is 3.83. The summed E-state index contributed by atoms with van der Waals surface area (Å²) in [7, 11) is -1.95. The average Bonchev–Trinajstić information content (AvgIpc) is 2.33. The third kappa shape index (κ3) is 4.93. The highest BCUT2D eigenvalue weighted by Crippen LogP contribution is 2.40. The quantitative estimate of drug-likeness (QED) is 0.486. The van der Waals surface area contributed by atoms with Gasteiger partial charge in [-0.1, -0.05) is 33.3 Å². The summed E-state index contributed by atoms with van der Waals surface area (Å²) in [5.41, 5.74) is 1.01. The van der Waals surface area contributed by atoms with Crippen LogP contribution in [0.4, 0.5) is 0 Å². The van der Waals surface area contributed by atoms with E-state index in [0.717, 1.165) is 12.0 Å². The molecule has 5 heteroatoms. The highest BCUT2D eigenvalue weighted by molar-refractivity contribution is 6.74. The van der Waals surface area contributed by atoms with Crippen molar-refractivity contribution in [3.63, 3.8) is 0 Å². The summed E-state index contributed by atoms with van der Waals surface area (Å²) in [5.74, 6) is -0.212. The second-order valence-electron chi connectivity index (χ2n) is 7.85. The Bertz CT molecular complexity index is 423. The molecule has 1 saturated carbocycles. The first-order valence-electron chi connectivity index (χ1n) is 8.20. The molecular weight excluding hydrogens is 296 g/mol. The Morgan fingerprint density at radius 1 is 1.36 bits per heavy atom. The third-order valence-electron chi connectivity index (χ3n) is 4.87. The van der Waals surface area contributed by atoms with Crippen LogP contribution in [-0.4, -0.2) is 38.2 Å². The summed E-state index contributed by atoms with van der Waals surface area (Å²) in [5, 5.41) is 10.6. The SMILES string of the molecule is CCOC(=O)/C=C1/C[C@@H](C)C(O)[C@H](O[Si](C)(C)C(C)(C)C)C1. The van der Waals surface area contributed by atoms with Crippen LogP contribution in [0.15, 0.2) is 11.6 Å². The van der Waals surface area contributed by atoms with Gasteiger partial charge >= 0.3 is 5.97 Å². The Hall–Kier alpha value is -0.653. The maximum Gasteiger partial charge on any atom is 0.330 e. The molecule has 1 fully saturated rings. The van der Waals surface area contributed by atoms with Gasteiger partial charge in [-0.3, -0.25) is 0 Å². The Morgan fingerprint density at radius 3 is 2.45 bits per heavy atom. The molecule has 0 aliphatic heterocycles. The van der Waals surface area contributed by atoms with E-state index in [4.69, 9.17) is 9.16 Å². The minimum atomic E-state index is -1.95. The molecule has 1 aliphatic carbocycles. The van der Waals surface area contributed by atoms with E-state index in [1.165, 1.54) is 0 Å². The Morgan fingerprint density at radius 2 is 1.95 bits per heavy atom. The second-order valence-corrected chi connectivity index (χ2v) is 12.6. The van der Waals surface area contributed by atoms with Gasteiger partial charge in [-0.15, -0.1) is 0 Å². The predicted octanol–water partition coefficient (Wildman–Crippen LogP) is 3.66. The fourth-order valence-electron chi connectivity index (χ4n) is 2.50. The lowest BCUT2D eigenvalue weighted by Crippen LogP contribution is -2.50. The number of aliphatic hydroxyl groups is 1. The van der Waals surface area contributed by atoms with Gasteiger partial charge in [-0.2, -0.15) is 0 Å². The van der Waals surface area contributed by atoms with Crippen LogP contribution in [0.5, 0.6) is 0 Å². The van der Waals surface area contributed by atoms with Crippen LogP contribution in [0.1, 0.15) is 47.5 Å². The van der Waals surface area contributed by atoms with Gasteiger partial charge in [0, 0.05) is 6.08 Å². The molecule has 0 radical (unpaired) electrons. The second kappa shape index (κ2) is 7.28. The molecule has 0 amide bonds. The maximum absolute atomic E-state index is 11.7. The van der Waals surface area contributed by atoms with Gasteiger partial charge in [0.1, 0.15) is 0 Å². The van der Waals surface area contributed by atoms with Gasteiger partial charge in [-0.05, 0) is 43.8 Å². The zero-order chi connectivity index (χ0) is 17.1. The van der Waals surface area contributed by atoms with Crippen LogP contribution in [0.2, 0.25) is 18.1 Å². The average molecular weight is 329 g/mol. The third-order valence-corrected chi connectivity index (χ3v) is 9.38. The molecule has 0 bridgehead atoms. The first-order chi connectivity index (χ1) is 9.98. The van der Waals surface area contributed by atoms with Crippen LogP contribution < -0.4 is 0 Å². The van der Waals surface area contributed by atoms with E-state index in [-0.39, 0.29) is 23.0 Å². The van der Waals surface area contributed by atoms with Gasteiger partial charge in [-0.25, -0.2) is 4.79 Å². The van der Waals surface area contributed by atoms with Crippen LogP contribution >= 0.6 is 0 Å². The summed E-state index contributed by atoms with van der Waals surface area (Å²) in [6.45, 7) is 15.1. The molecule has 1 rings (SSSR count). The zero-order valence-corrected chi connectivity index (χ0v) is 16.1. The molecule has 1 unspecified atom stereocenters. The van der Waals surface area contributed by atoms with Crippen molar-refractivity contribution < 1.29 is 19.1 Å². The molecular formula is C17H32O4Si. The van der Waals surface area contributed by atoms with Crippen LogP contribution in [-0.2, 0) is 14.0 Å². The minimum Gasteiger partial charge on any atom is -0.463 e.